The molecule has 1 aliphatic rings. The molecule has 0 atom stereocenters. The van der Waals surface area contributed by atoms with Crippen LogP contribution in [0.5, 0.6) is 0 Å². The Balaban J connectivity index is 1.87. The van der Waals surface area contributed by atoms with Crippen molar-refractivity contribution in [2.24, 2.45) is 0 Å². The van der Waals surface area contributed by atoms with E-state index in [0.717, 1.165) is 42.1 Å². The number of thiazole rings is 1. The largest absolute Gasteiger partial charge is 0.359 e. The summed E-state index contributed by atoms with van der Waals surface area (Å²) >= 11 is 1.77. The summed E-state index contributed by atoms with van der Waals surface area (Å²) in [5.41, 5.74) is 2.21. The van der Waals surface area contributed by atoms with Gasteiger partial charge in [0.05, 0.1) is 11.4 Å². The quantitative estimate of drug-likeness (QED) is 0.895. The zero-order chi connectivity index (χ0) is 12.5. The average molecular weight is 260 g/mol. The lowest BCUT2D eigenvalue weighted by atomic mass is 9.87. The van der Waals surface area contributed by atoms with Crippen LogP contribution in [-0.2, 0) is 4.79 Å². The molecule has 94 valence electrons. The third-order valence-electron chi connectivity index (χ3n) is 3.57. The summed E-state index contributed by atoms with van der Waals surface area (Å²) in [5, 5.41) is 1.06. The van der Waals surface area contributed by atoms with Crippen LogP contribution in [0.1, 0.15) is 42.2 Å². The minimum atomic E-state index is 0.415. The molecule has 1 saturated carbocycles. The maximum Gasteiger partial charge on any atom is 0.140 e. The first kappa shape index (κ1) is 11.7. The number of rotatable bonds is 2. The fraction of sp³-hybridized carbons (Fsp3) is 0.429. The number of nitrogens with zero attached hydrogens (tertiary/aromatic N) is 1. The summed E-state index contributed by atoms with van der Waals surface area (Å²) in [6.45, 7) is 2.08. The zero-order valence-electron chi connectivity index (χ0n) is 10.4. The second-order valence-electron chi connectivity index (χ2n) is 4.87. The van der Waals surface area contributed by atoms with E-state index in [0.29, 0.717) is 11.7 Å². The first-order valence-corrected chi connectivity index (χ1v) is 7.18. The van der Waals surface area contributed by atoms with E-state index in [9.17, 15) is 4.79 Å². The Kier molecular flexibility index (Phi) is 3.04. The second-order valence-corrected chi connectivity index (χ2v) is 5.90. The molecule has 1 fully saturated rings. The Morgan fingerprint density at radius 1 is 1.39 bits per heavy atom. The summed E-state index contributed by atoms with van der Waals surface area (Å²) in [6, 6.07) is 4.04. The summed E-state index contributed by atoms with van der Waals surface area (Å²) in [6.07, 6.45) is 5.38. The van der Waals surface area contributed by atoms with Gasteiger partial charge in [-0.05, 0) is 37.8 Å². The molecule has 18 heavy (non-hydrogen) atoms. The van der Waals surface area contributed by atoms with Gasteiger partial charge in [0.1, 0.15) is 10.8 Å². The third-order valence-corrected chi connectivity index (χ3v) is 4.93. The Morgan fingerprint density at radius 2 is 2.17 bits per heavy atom. The lowest BCUT2D eigenvalue weighted by Gasteiger charge is -2.19. The Labute approximate surface area is 110 Å². The van der Waals surface area contributed by atoms with Crippen LogP contribution in [-0.4, -0.2) is 15.8 Å². The zero-order valence-corrected chi connectivity index (χ0v) is 11.2. The first-order valence-electron chi connectivity index (χ1n) is 6.37. The molecule has 0 saturated heterocycles. The van der Waals surface area contributed by atoms with Gasteiger partial charge < -0.3 is 4.98 Å². The molecular formula is C14H16N2OS. The third kappa shape index (κ3) is 2.12. The smallest absolute Gasteiger partial charge is 0.140 e. The highest BCUT2D eigenvalue weighted by atomic mass is 32.1. The number of aromatic amines is 1. The van der Waals surface area contributed by atoms with Crippen LogP contribution < -0.4 is 0 Å². The van der Waals surface area contributed by atoms with Gasteiger partial charge in [-0.1, -0.05) is 0 Å². The van der Waals surface area contributed by atoms with E-state index in [2.05, 4.69) is 16.9 Å². The normalized spacial score (nSPS) is 17.3. The van der Waals surface area contributed by atoms with Gasteiger partial charge in [-0.25, -0.2) is 4.98 Å². The van der Waals surface area contributed by atoms with Crippen molar-refractivity contribution >= 4 is 17.1 Å². The molecule has 2 heterocycles. The molecular weight excluding hydrogens is 244 g/mol. The SMILES string of the molecule is Cc1nc(-c2ccc[nH]2)sc1C1CCC(=O)CC1. The molecule has 0 radical (unpaired) electrons. The number of aromatic nitrogens is 2. The number of nitrogens with one attached hydrogen (secondary N) is 1. The monoisotopic (exact) mass is 260 g/mol. The molecule has 1 N–H and O–H groups in total. The summed E-state index contributed by atoms with van der Waals surface area (Å²) in [5.74, 6) is 0.946. The van der Waals surface area contributed by atoms with Gasteiger partial charge in [0, 0.05) is 23.9 Å². The number of hydrogen-bond donors (Lipinski definition) is 1. The number of H-pyrrole nitrogens is 1. The van der Waals surface area contributed by atoms with Gasteiger partial charge in [-0.3, -0.25) is 4.79 Å². The second kappa shape index (κ2) is 4.69. The van der Waals surface area contributed by atoms with Gasteiger partial charge >= 0.3 is 0 Å². The Hall–Kier alpha value is -1.42. The standard InChI is InChI=1S/C14H16N2OS/c1-9-13(10-4-6-11(17)7-5-10)18-14(16-9)12-3-2-8-15-12/h2-3,8,10,15H,4-7H2,1H3. The van der Waals surface area contributed by atoms with Gasteiger partial charge in [0.2, 0.25) is 0 Å². The van der Waals surface area contributed by atoms with Crippen molar-refractivity contribution in [2.45, 2.75) is 38.5 Å². The van der Waals surface area contributed by atoms with Crippen molar-refractivity contribution in [1.29, 1.82) is 0 Å². The molecule has 0 aliphatic heterocycles. The van der Waals surface area contributed by atoms with E-state index in [1.165, 1.54) is 4.88 Å². The molecule has 0 amide bonds. The van der Waals surface area contributed by atoms with Crippen LogP contribution in [0.25, 0.3) is 10.7 Å². The molecule has 0 bridgehead atoms. The highest BCUT2D eigenvalue weighted by Crippen LogP contribution is 2.38. The molecule has 4 heteroatoms. The van der Waals surface area contributed by atoms with E-state index in [1.54, 1.807) is 11.3 Å². The van der Waals surface area contributed by atoms with E-state index >= 15 is 0 Å². The van der Waals surface area contributed by atoms with Crippen LogP contribution in [0.15, 0.2) is 18.3 Å². The maximum absolute atomic E-state index is 11.3. The number of aryl methyl sites for hydroxylation is 1. The molecule has 1 aliphatic carbocycles. The van der Waals surface area contributed by atoms with Crippen molar-refractivity contribution in [3.63, 3.8) is 0 Å². The van der Waals surface area contributed by atoms with Crippen molar-refractivity contribution in [3.8, 4) is 10.7 Å². The number of Topliss-reactive ketones (excluding diaryl/α,β-unsaturated/α-hetero) is 1. The average Bonchev–Trinajstić information content (AvgIpc) is 2.99. The minimum absolute atomic E-state index is 0.415. The van der Waals surface area contributed by atoms with E-state index in [4.69, 9.17) is 0 Å². The van der Waals surface area contributed by atoms with Crippen molar-refractivity contribution in [3.05, 3.63) is 28.9 Å². The number of ketones is 1. The molecule has 2 aromatic heterocycles. The van der Waals surface area contributed by atoms with Crippen LogP contribution >= 0.6 is 11.3 Å². The highest BCUT2D eigenvalue weighted by Gasteiger charge is 2.24. The molecule has 3 nitrogen and oxygen atoms in total. The van der Waals surface area contributed by atoms with E-state index < -0.39 is 0 Å². The number of hydrogen-bond acceptors (Lipinski definition) is 3. The molecule has 0 aromatic carbocycles. The number of carbonyl (C=O) groups excluding carboxylic acids is 1. The summed E-state index contributed by atoms with van der Waals surface area (Å²) < 4.78 is 0. The fourth-order valence-electron chi connectivity index (χ4n) is 2.57. The molecule has 3 rings (SSSR count). The molecule has 0 spiro atoms. The minimum Gasteiger partial charge on any atom is -0.359 e. The predicted octanol–water partition coefficient (Wildman–Crippen LogP) is 3.67. The topological polar surface area (TPSA) is 45.8 Å². The maximum atomic E-state index is 11.3. The Bertz CT molecular complexity index is 546. The van der Waals surface area contributed by atoms with Gasteiger partial charge in [-0.2, -0.15) is 0 Å². The van der Waals surface area contributed by atoms with E-state index in [1.807, 2.05) is 18.3 Å². The lowest BCUT2D eigenvalue weighted by Crippen LogP contribution is -2.12. The van der Waals surface area contributed by atoms with Crippen molar-refractivity contribution in [2.75, 3.05) is 0 Å². The predicted molar refractivity (Wildman–Crippen MR) is 72.9 cm³/mol. The van der Waals surface area contributed by atoms with Gasteiger partial charge in [0.15, 0.2) is 0 Å². The first-order chi connectivity index (χ1) is 8.74. The fourth-order valence-corrected chi connectivity index (χ4v) is 3.79. The van der Waals surface area contributed by atoms with Crippen molar-refractivity contribution < 1.29 is 4.79 Å². The van der Waals surface area contributed by atoms with Crippen LogP contribution in [0, 0.1) is 6.92 Å². The van der Waals surface area contributed by atoms with E-state index in [-0.39, 0.29) is 0 Å². The van der Waals surface area contributed by atoms with Crippen LogP contribution in [0.2, 0.25) is 0 Å². The van der Waals surface area contributed by atoms with Crippen molar-refractivity contribution in [1.82, 2.24) is 9.97 Å². The van der Waals surface area contributed by atoms with Crippen LogP contribution in [0.3, 0.4) is 0 Å². The van der Waals surface area contributed by atoms with Gasteiger partial charge in [-0.15, -0.1) is 11.3 Å². The highest BCUT2D eigenvalue weighted by molar-refractivity contribution is 7.15. The van der Waals surface area contributed by atoms with Crippen LogP contribution in [0.4, 0.5) is 0 Å². The molecule has 0 unspecified atom stereocenters. The molecule has 2 aromatic rings. The summed E-state index contributed by atoms with van der Waals surface area (Å²) in [4.78, 5) is 20.5. The lowest BCUT2D eigenvalue weighted by molar-refractivity contribution is -0.120. The van der Waals surface area contributed by atoms with Gasteiger partial charge in [0.25, 0.3) is 0 Å². The summed E-state index contributed by atoms with van der Waals surface area (Å²) in [7, 11) is 0. The number of carbonyl (C=O) groups is 1. The Morgan fingerprint density at radius 3 is 2.83 bits per heavy atom.